The number of ketones is 1. The molecule has 0 spiro atoms. The normalized spacial score (nSPS) is 11.7. The Labute approximate surface area is 150 Å². The summed E-state index contributed by atoms with van der Waals surface area (Å²) in [6, 6.07) is 10.9. The Kier molecular flexibility index (Phi) is 6.16. The molecule has 6 nitrogen and oxygen atoms in total. The number of nitro benzene ring substituents is 1. The summed E-state index contributed by atoms with van der Waals surface area (Å²) >= 11 is 0. The highest BCUT2D eigenvalue weighted by Crippen LogP contribution is 2.23. The number of hydrogen-bond donors (Lipinski definition) is 0. The minimum absolute atomic E-state index is 0.00593. The van der Waals surface area contributed by atoms with Crippen LogP contribution >= 0.6 is 0 Å². The molecule has 136 valence electrons. The Morgan fingerprint density at radius 1 is 1.15 bits per heavy atom. The van der Waals surface area contributed by atoms with Crippen molar-refractivity contribution < 1.29 is 18.9 Å². The number of rotatable bonds is 7. The van der Waals surface area contributed by atoms with Gasteiger partial charge in [-0.3, -0.25) is 19.7 Å². The van der Waals surface area contributed by atoms with Crippen LogP contribution in [0.5, 0.6) is 0 Å². The maximum absolute atomic E-state index is 12.9. The number of Topliss-reactive ketones (excluding diaryl/α,β-unsaturated/α-hetero) is 1. The quantitative estimate of drug-likeness (QED) is 0.427. The Morgan fingerprint density at radius 3 is 2.42 bits per heavy atom. The zero-order valence-electron chi connectivity index (χ0n) is 14.5. The fourth-order valence-corrected chi connectivity index (χ4v) is 2.51. The molecular formula is C19H19FN2O4. The van der Waals surface area contributed by atoms with Gasteiger partial charge >= 0.3 is 0 Å². The van der Waals surface area contributed by atoms with E-state index in [0.717, 1.165) is 0 Å². The first-order valence-corrected chi connectivity index (χ1v) is 8.08. The molecule has 1 atom stereocenters. The van der Waals surface area contributed by atoms with Gasteiger partial charge in [-0.1, -0.05) is 12.1 Å². The third kappa shape index (κ3) is 4.72. The molecule has 0 radical (unpaired) electrons. The van der Waals surface area contributed by atoms with E-state index < -0.39 is 10.7 Å². The van der Waals surface area contributed by atoms with Gasteiger partial charge in [0.25, 0.3) is 5.69 Å². The van der Waals surface area contributed by atoms with Crippen molar-refractivity contribution >= 4 is 17.4 Å². The van der Waals surface area contributed by atoms with Crippen molar-refractivity contribution in [2.75, 3.05) is 7.05 Å². The van der Waals surface area contributed by atoms with E-state index in [1.165, 1.54) is 41.3 Å². The van der Waals surface area contributed by atoms with Gasteiger partial charge in [0.15, 0.2) is 5.78 Å². The number of hydrogen-bond acceptors (Lipinski definition) is 4. The van der Waals surface area contributed by atoms with Crippen LogP contribution in [0.25, 0.3) is 0 Å². The van der Waals surface area contributed by atoms with Crippen LogP contribution in [-0.4, -0.2) is 28.6 Å². The third-order valence-corrected chi connectivity index (χ3v) is 4.27. The molecule has 26 heavy (non-hydrogen) atoms. The molecule has 0 fully saturated rings. The predicted molar refractivity (Wildman–Crippen MR) is 94.2 cm³/mol. The van der Waals surface area contributed by atoms with Crippen LogP contribution in [0.2, 0.25) is 0 Å². The Hall–Kier alpha value is -3.09. The summed E-state index contributed by atoms with van der Waals surface area (Å²) in [4.78, 5) is 36.3. The van der Waals surface area contributed by atoms with Crippen molar-refractivity contribution in [2.24, 2.45) is 0 Å². The summed E-state index contributed by atoms with van der Waals surface area (Å²) in [6.45, 7) is 1.76. The fraction of sp³-hybridized carbons (Fsp3) is 0.263. The van der Waals surface area contributed by atoms with Gasteiger partial charge in [-0.15, -0.1) is 0 Å². The highest BCUT2D eigenvalue weighted by atomic mass is 19.1. The lowest BCUT2D eigenvalue weighted by molar-refractivity contribution is -0.384. The second kappa shape index (κ2) is 8.33. The average Bonchev–Trinajstić information content (AvgIpc) is 2.65. The van der Waals surface area contributed by atoms with Gasteiger partial charge in [-0.25, -0.2) is 4.39 Å². The van der Waals surface area contributed by atoms with Crippen molar-refractivity contribution in [2.45, 2.75) is 25.8 Å². The van der Waals surface area contributed by atoms with Gasteiger partial charge in [0.2, 0.25) is 5.91 Å². The molecule has 0 N–H and O–H groups in total. The van der Waals surface area contributed by atoms with Crippen LogP contribution in [-0.2, 0) is 4.79 Å². The molecular weight excluding hydrogens is 339 g/mol. The number of nitrogens with zero attached hydrogens (tertiary/aromatic N) is 2. The van der Waals surface area contributed by atoms with Crippen LogP contribution in [0.4, 0.5) is 10.1 Å². The van der Waals surface area contributed by atoms with Gasteiger partial charge in [-0.2, -0.15) is 0 Å². The summed E-state index contributed by atoms with van der Waals surface area (Å²) in [6.07, 6.45) is 0.0163. The molecule has 2 aromatic carbocycles. The number of nitro groups is 1. The van der Waals surface area contributed by atoms with Crippen LogP contribution in [0.1, 0.15) is 41.7 Å². The number of non-ortho nitro benzene ring substituents is 1. The van der Waals surface area contributed by atoms with Gasteiger partial charge in [0.05, 0.1) is 11.0 Å². The highest BCUT2D eigenvalue weighted by molar-refractivity contribution is 5.97. The van der Waals surface area contributed by atoms with Crippen LogP contribution in [0.15, 0.2) is 48.5 Å². The first-order valence-electron chi connectivity index (χ1n) is 8.08. The predicted octanol–water partition coefficient (Wildman–Crippen LogP) is 3.92. The molecule has 0 bridgehead atoms. The second-order valence-corrected chi connectivity index (χ2v) is 5.96. The molecule has 0 aliphatic heterocycles. The number of carbonyl (C=O) groups excluding carboxylic acids is 2. The van der Waals surface area contributed by atoms with Crippen LogP contribution < -0.4 is 0 Å². The van der Waals surface area contributed by atoms with Crippen LogP contribution in [0, 0.1) is 15.9 Å². The average molecular weight is 358 g/mol. The SMILES string of the molecule is C[C@H](c1cccc([N+](=O)[O-])c1)N(C)C(=O)CCC(=O)c1ccc(F)cc1. The van der Waals surface area contributed by atoms with E-state index in [4.69, 9.17) is 0 Å². The van der Waals surface area contributed by atoms with E-state index in [9.17, 15) is 24.1 Å². The minimum Gasteiger partial charge on any atom is -0.339 e. The number of carbonyl (C=O) groups is 2. The zero-order valence-corrected chi connectivity index (χ0v) is 14.5. The third-order valence-electron chi connectivity index (χ3n) is 4.27. The summed E-state index contributed by atoms with van der Waals surface area (Å²) in [7, 11) is 1.59. The minimum atomic E-state index is -0.487. The van der Waals surface area contributed by atoms with Gasteiger partial charge < -0.3 is 4.90 Å². The lowest BCUT2D eigenvalue weighted by Gasteiger charge is -2.25. The molecule has 0 unspecified atom stereocenters. The van der Waals surface area contributed by atoms with E-state index in [2.05, 4.69) is 0 Å². The van der Waals surface area contributed by atoms with E-state index in [1.54, 1.807) is 26.1 Å². The monoisotopic (exact) mass is 358 g/mol. The van der Waals surface area contributed by atoms with E-state index >= 15 is 0 Å². The molecule has 2 aromatic rings. The highest BCUT2D eigenvalue weighted by Gasteiger charge is 2.20. The van der Waals surface area contributed by atoms with Crippen molar-refractivity contribution in [1.82, 2.24) is 4.90 Å². The molecule has 7 heteroatoms. The van der Waals surface area contributed by atoms with Gasteiger partial charge in [-0.05, 0) is 36.8 Å². The molecule has 2 rings (SSSR count). The van der Waals surface area contributed by atoms with Gasteiger partial charge in [0, 0.05) is 37.6 Å². The maximum atomic E-state index is 12.9. The smallest absolute Gasteiger partial charge is 0.269 e. The largest absolute Gasteiger partial charge is 0.339 e. The molecule has 0 heterocycles. The first kappa shape index (κ1) is 19.2. The zero-order chi connectivity index (χ0) is 19.3. The molecule has 0 aromatic heterocycles. The molecule has 0 aliphatic rings. The number of amides is 1. The molecule has 0 aliphatic carbocycles. The second-order valence-electron chi connectivity index (χ2n) is 5.96. The standard InChI is InChI=1S/C19H19FN2O4/c1-13(15-4-3-5-17(12-15)22(25)26)21(2)19(24)11-10-18(23)14-6-8-16(20)9-7-14/h3-9,12-13H,10-11H2,1-2H3/t13-/m1/s1. The van der Waals surface area contributed by atoms with Crippen molar-refractivity contribution in [1.29, 1.82) is 0 Å². The maximum Gasteiger partial charge on any atom is 0.269 e. The molecule has 0 saturated heterocycles. The lowest BCUT2D eigenvalue weighted by Crippen LogP contribution is -2.29. The summed E-state index contributed by atoms with van der Waals surface area (Å²) in [5.74, 6) is -0.919. The summed E-state index contributed by atoms with van der Waals surface area (Å²) in [5.41, 5.74) is 0.954. The summed E-state index contributed by atoms with van der Waals surface area (Å²) < 4.78 is 12.9. The van der Waals surface area contributed by atoms with Crippen molar-refractivity contribution in [3.8, 4) is 0 Å². The van der Waals surface area contributed by atoms with Crippen molar-refractivity contribution in [3.63, 3.8) is 0 Å². The topological polar surface area (TPSA) is 80.5 Å². The van der Waals surface area contributed by atoms with E-state index in [0.29, 0.717) is 11.1 Å². The van der Waals surface area contributed by atoms with Crippen LogP contribution in [0.3, 0.4) is 0 Å². The van der Waals surface area contributed by atoms with E-state index in [-0.39, 0.29) is 36.3 Å². The van der Waals surface area contributed by atoms with Gasteiger partial charge in [0.1, 0.15) is 5.82 Å². The summed E-state index contributed by atoms with van der Waals surface area (Å²) in [5, 5.41) is 10.9. The number of benzene rings is 2. The fourth-order valence-electron chi connectivity index (χ4n) is 2.51. The Balaban J connectivity index is 1.98. The van der Waals surface area contributed by atoms with E-state index in [1.807, 2.05) is 0 Å². The Morgan fingerprint density at radius 2 is 1.81 bits per heavy atom. The molecule has 1 amide bonds. The Bertz CT molecular complexity index is 821. The first-order chi connectivity index (χ1) is 12.3. The van der Waals surface area contributed by atoms with Crippen molar-refractivity contribution in [3.05, 3.63) is 75.6 Å². The molecule has 0 saturated carbocycles. The lowest BCUT2D eigenvalue weighted by atomic mass is 10.0. The number of halogens is 1.